The first kappa shape index (κ1) is 19.5. The number of hydrogen-bond acceptors (Lipinski definition) is 6. The molecule has 3 rings (SSSR count). The first-order chi connectivity index (χ1) is 13.3. The highest BCUT2D eigenvalue weighted by atomic mass is 79.9. The molecule has 0 saturated heterocycles. The van der Waals surface area contributed by atoms with Gasteiger partial charge in [-0.3, -0.25) is 0 Å². The molecule has 1 aromatic carbocycles. The second-order valence-corrected chi connectivity index (χ2v) is 7.14. The lowest BCUT2D eigenvalue weighted by Crippen LogP contribution is -2.03. The highest BCUT2D eigenvalue weighted by Crippen LogP contribution is 2.45. The van der Waals surface area contributed by atoms with E-state index in [1.54, 1.807) is 19.1 Å². The second kappa shape index (κ2) is 7.38. The van der Waals surface area contributed by atoms with Gasteiger partial charge in [-0.1, -0.05) is 0 Å². The van der Waals surface area contributed by atoms with Gasteiger partial charge < -0.3 is 15.6 Å². The minimum atomic E-state index is 0.0261. The summed E-state index contributed by atoms with van der Waals surface area (Å²) in [5.74, 6) is 0.499. The number of fused-ring (bicyclic) bond motifs is 1. The summed E-state index contributed by atoms with van der Waals surface area (Å²) in [5, 5.41) is 29.2. The molecule has 0 bridgehead atoms. The highest BCUT2D eigenvalue weighted by Gasteiger charge is 2.29. The Hall–Kier alpha value is -3.29. The van der Waals surface area contributed by atoms with Crippen LogP contribution in [0.1, 0.15) is 41.8 Å². The zero-order chi connectivity index (χ0) is 20.6. The lowest BCUT2D eigenvalue weighted by Gasteiger charge is -2.12. The van der Waals surface area contributed by atoms with Gasteiger partial charge in [0, 0.05) is 5.56 Å². The van der Waals surface area contributed by atoms with E-state index in [4.69, 9.17) is 10.5 Å². The van der Waals surface area contributed by atoms with E-state index in [0.717, 1.165) is 22.3 Å². The van der Waals surface area contributed by atoms with Crippen molar-refractivity contribution in [1.82, 2.24) is 4.98 Å². The van der Waals surface area contributed by atoms with Crippen LogP contribution >= 0.6 is 15.9 Å². The van der Waals surface area contributed by atoms with Crippen molar-refractivity contribution in [2.24, 2.45) is 0 Å². The molecule has 1 aliphatic rings. The molecule has 0 fully saturated rings. The summed E-state index contributed by atoms with van der Waals surface area (Å²) in [5.41, 5.74) is 10.9. The summed E-state index contributed by atoms with van der Waals surface area (Å²) in [4.78, 5) is 4.32. The first-order valence-corrected chi connectivity index (χ1v) is 9.32. The maximum atomic E-state index is 10.1. The number of allylic oxidation sites excluding steroid dienone is 3. The first-order valence-electron chi connectivity index (χ1n) is 8.53. The Bertz CT molecular complexity index is 1150. The fraction of sp³-hybridized carbons (Fsp3) is 0.190. The van der Waals surface area contributed by atoms with Gasteiger partial charge in [0.2, 0.25) is 0 Å². The second-order valence-electron chi connectivity index (χ2n) is 6.28. The molecule has 0 spiro atoms. The molecule has 0 atom stereocenters. The Morgan fingerprint density at radius 2 is 2.00 bits per heavy atom. The molecule has 1 aliphatic carbocycles. The number of phenols is 1. The molecule has 1 heterocycles. The lowest BCUT2D eigenvalue weighted by molar-refractivity contribution is 0.317. The van der Waals surface area contributed by atoms with Crippen LogP contribution in [-0.2, 0) is 0 Å². The van der Waals surface area contributed by atoms with Gasteiger partial charge in [-0.2, -0.15) is 10.5 Å². The summed E-state index contributed by atoms with van der Waals surface area (Å²) in [6.07, 6.45) is 1.89. The zero-order valence-electron chi connectivity index (χ0n) is 15.6. The molecular formula is C21H17BrN4O2. The van der Waals surface area contributed by atoms with Crippen LogP contribution in [0.25, 0.3) is 17.2 Å². The van der Waals surface area contributed by atoms with E-state index in [1.807, 2.05) is 19.9 Å². The molecule has 140 valence electrons. The fourth-order valence-electron chi connectivity index (χ4n) is 3.30. The van der Waals surface area contributed by atoms with Crippen LogP contribution in [0.4, 0.5) is 5.82 Å². The van der Waals surface area contributed by atoms with Crippen molar-refractivity contribution >= 4 is 39.0 Å². The van der Waals surface area contributed by atoms with Crippen LogP contribution in [0.3, 0.4) is 0 Å². The fourth-order valence-corrected chi connectivity index (χ4v) is 3.76. The van der Waals surface area contributed by atoms with Crippen molar-refractivity contribution in [3.8, 4) is 23.6 Å². The number of anilines is 1. The minimum Gasteiger partial charge on any atom is -0.503 e. The number of rotatable bonds is 3. The van der Waals surface area contributed by atoms with Crippen LogP contribution in [0.5, 0.6) is 11.5 Å². The molecule has 0 radical (unpaired) electrons. The van der Waals surface area contributed by atoms with E-state index < -0.39 is 0 Å². The van der Waals surface area contributed by atoms with Gasteiger partial charge >= 0.3 is 0 Å². The maximum absolute atomic E-state index is 10.1. The average molecular weight is 437 g/mol. The molecular weight excluding hydrogens is 420 g/mol. The lowest BCUT2D eigenvalue weighted by atomic mass is 9.95. The summed E-state index contributed by atoms with van der Waals surface area (Å²) in [7, 11) is 0. The Kier molecular flexibility index (Phi) is 5.13. The van der Waals surface area contributed by atoms with Crippen molar-refractivity contribution < 1.29 is 9.84 Å². The molecule has 28 heavy (non-hydrogen) atoms. The molecule has 1 aromatic heterocycles. The summed E-state index contributed by atoms with van der Waals surface area (Å²) in [6.45, 7) is 5.89. The number of hydrogen-bond donors (Lipinski definition) is 2. The molecule has 0 saturated carbocycles. The third-order valence-electron chi connectivity index (χ3n) is 4.65. The van der Waals surface area contributed by atoms with Gasteiger partial charge in [-0.25, -0.2) is 4.98 Å². The van der Waals surface area contributed by atoms with E-state index in [0.29, 0.717) is 39.2 Å². The van der Waals surface area contributed by atoms with Gasteiger partial charge in [0.1, 0.15) is 18.0 Å². The topological polar surface area (TPSA) is 116 Å². The maximum Gasteiger partial charge on any atom is 0.172 e. The van der Waals surface area contributed by atoms with E-state index in [1.165, 1.54) is 0 Å². The van der Waals surface area contributed by atoms with E-state index >= 15 is 0 Å². The van der Waals surface area contributed by atoms with Crippen molar-refractivity contribution in [3.63, 3.8) is 0 Å². The summed E-state index contributed by atoms with van der Waals surface area (Å²) < 4.78 is 5.99. The van der Waals surface area contributed by atoms with Crippen molar-refractivity contribution in [3.05, 3.63) is 50.1 Å². The van der Waals surface area contributed by atoms with Crippen LogP contribution in [0, 0.1) is 29.6 Å². The molecule has 0 amide bonds. The van der Waals surface area contributed by atoms with E-state index in [9.17, 15) is 15.6 Å². The van der Waals surface area contributed by atoms with Crippen LogP contribution in [0.2, 0.25) is 0 Å². The number of aromatic nitrogens is 1. The smallest absolute Gasteiger partial charge is 0.172 e. The monoisotopic (exact) mass is 436 g/mol. The number of phenolic OH excluding ortho intramolecular Hbond substituents is 1. The quantitative estimate of drug-likeness (QED) is 0.727. The van der Waals surface area contributed by atoms with Gasteiger partial charge in [-0.05, 0) is 77.2 Å². The third kappa shape index (κ3) is 3.00. The standard InChI is InChI=1S/C21H17BrN4O2/c1-4-28-17-7-12(6-16(22)20(17)27)5-13-10(2)14(8-23)19-18(13)11(3)15(9-24)21(25)26-19/h5-7,27H,4H2,1-3H3,(H2,25,26). The summed E-state index contributed by atoms with van der Waals surface area (Å²) in [6, 6.07) is 7.76. The Balaban J connectivity index is 2.29. The normalized spacial score (nSPS) is 14.0. The van der Waals surface area contributed by atoms with Crippen LogP contribution in [0.15, 0.2) is 22.2 Å². The number of ether oxygens (including phenoxy) is 1. The number of halogens is 1. The van der Waals surface area contributed by atoms with E-state index in [2.05, 4.69) is 33.1 Å². The molecule has 0 unspecified atom stereocenters. The van der Waals surface area contributed by atoms with Gasteiger partial charge in [0.15, 0.2) is 11.5 Å². The number of aromatic hydroxyl groups is 1. The number of benzene rings is 1. The SMILES string of the molecule is CCOc1cc(C=C2C(C)=C(C#N)c3nc(N)c(C#N)c(C)c32)cc(Br)c1O. The van der Waals surface area contributed by atoms with Crippen molar-refractivity contribution in [2.45, 2.75) is 20.8 Å². The van der Waals surface area contributed by atoms with Crippen LogP contribution < -0.4 is 10.5 Å². The number of pyridine rings is 1. The molecule has 6 nitrogen and oxygen atoms in total. The number of nitriles is 2. The molecule has 7 heteroatoms. The minimum absolute atomic E-state index is 0.0261. The van der Waals surface area contributed by atoms with Gasteiger partial charge in [0.25, 0.3) is 0 Å². The number of nitrogen functional groups attached to an aromatic ring is 1. The van der Waals surface area contributed by atoms with Crippen molar-refractivity contribution in [2.75, 3.05) is 12.3 Å². The highest BCUT2D eigenvalue weighted by molar-refractivity contribution is 9.10. The van der Waals surface area contributed by atoms with Gasteiger partial charge in [-0.15, -0.1) is 0 Å². The third-order valence-corrected chi connectivity index (χ3v) is 5.25. The van der Waals surface area contributed by atoms with Gasteiger partial charge in [0.05, 0.1) is 27.9 Å². The summed E-state index contributed by atoms with van der Waals surface area (Å²) >= 11 is 3.34. The van der Waals surface area contributed by atoms with Crippen molar-refractivity contribution in [1.29, 1.82) is 10.5 Å². The average Bonchev–Trinajstić information content (AvgIpc) is 2.91. The number of nitrogens with zero attached hydrogens (tertiary/aromatic N) is 3. The largest absolute Gasteiger partial charge is 0.503 e. The Morgan fingerprint density at radius 1 is 1.29 bits per heavy atom. The number of nitrogens with two attached hydrogens (primary N) is 1. The van der Waals surface area contributed by atoms with E-state index in [-0.39, 0.29) is 11.6 Å². The molecule has 3 N–H and O–H groups in total. The molecule has 0 aliphatic heterocycles. The van der Waals surface area contributed by atoms with Crippen LogP contribution in [-0.4, -0.2) is 16.7 Å². The Morgan fingerprint density at radius 3 is 2.61 bits per heavy atom. The molecule has 2 aromatic rings. The predicted octanol–water partition coefficient (Wildman–Crippen LogP) is 4.56. The zero-order valence-corrected chi connectivity index (χ0v) is 17.2. The predicted molar refractivity (Wildman–Crippen MR) is 111 cm³/mol. The Labute approximate surface area is 171 Å².